The lowest BCUT2D eigenvalue weighted by molar-refractivity contribution is -0.660. The summed E-state index contributed by atoms with van der Waals surface area (Å²) >= 11 is 0. The van der Waals surface area contributed by atoms with Gasteiger partial charge in [0.2, 0.25) is 12.1 Å². The maximum Gasteiger partial charge on any atom is 0.372 e. The number of rotatable bonds is 11. The Labute approximate surface area is 222 Å². The van der Waals surface area contributed by atoms with Gasteiger partial charge in [-0.1, -0.05) is 48.6 Å². The predicted octanol–water partition coefficient (Wildman–Crippen LogP) is 5.63. The van der Waals surface area contributed by atoms with Crippen LogP contribution in [0, 0.1) is 0 Å². The first-order valence-electron chi connectivity index (χ1n) is 13.0. The van der Waals surface area contributed by atoms with E-state index in [0.717, 1.165) is 28.6 Å². The van der Waals surface area contributed by atoms with Crippen molar-refractivity contribution in [3.05, 3.63) is 90.1 Å². The fourth-order valence-electron chi connectivity index (χ4n) is 4.94. The number of benzene rings is 3. The molecule has 0 aliphatic carbocycles. The zero-order valence-electron chi connectivity index (χ0n) is 21.9. The van der Waals surface area contributed by atoms with Crippen molar-refractivity contribution in [2.75, 3.05) is 33.5 Å². The van der Waals surface area contributed by atoms with Gasteiger partial charge in [-0.15, -0.1) is 0 Å². The first-order chi connectivity index (χ1) is 18.7. The second-order valence-corrected chi connectivity index (χ2v) is 9.11. The van der Waals surface area contributed by atoms with Crippen LogP contribution < -0.4 is 4.57 Å². The van der Waals surface area contributed by atoms with Gasteiger partial charge < -0.3 is 18.8 Å². The Hall–Kier alpha value is -4.00. The van der Waals surface area contributed by atoms with Crippen LogP contribution in [0.4, 0.5) is 0 Å². The van der Waals surface area contributed by atoms with Crippen LogP contribution in [0.2, 0.25) is 0 Å². The lowest BCUT2D eigenvalue weighted by Crippen LogP contribution is -2.39. The molecule has 2 aromatic heterocycles. The van der Waals surface area contributed by atoms with Crippen molar-refractivity contribution in [3.63, 3.8) is 0 Å². The molecule has 0 N–H and O–H groups in total. The van der Waals surface area contributed by atoms with Gasteiger partial charge in [0, 0.05) is 47.6 Å². The number of methoxy groups -OCH3 is 1. The van der Waals surface area contributed by atoms with E-state index in [-0.39, 0.29) is 12.5 Å². The van der Waals surface area contributed by atoms with Gasteiger partial charge in [0.25, 0.3) is 0 Å². The molecule has 5 aromatic rings. The number of para-hydroxylation sites is 2. The molecule has 3 aromatic carbocycles. The van der Waals surface area contributed by atoms with E-state index in [1.807, 2.05) is 42.0 Å². The standard InChI is InChI=1S/C32H33N2O4/c1-3-38-32(35)23-33-17-16-25(26-8-4-6-10-29(26)33)14-12-24-13-15-31-28(22-24)27-9-5-7-11-30(27)34(31)18-19-37-21-20-36-2/h4-17,22H,3,18-21,23H2,1-2H3/q+1. The fourth-order valence-corrected chi connectivity index (χ4v) is 4.94. The third kappa shape index (κ3) is 5.47. The predicted molar refractivity (Wildman–Crippen MR) is 152 cm³/mol. The Morgan fingerprint density at radius 1 is 0.868 bits per heavy atom. The summed E-state index contributed by atoms with van der Waals surface area (Å²) in [5.74, 6) is -0.236. The van der Waals surface area contributed by atoms with Gasteiger partial charge in [-0.05, 0) is 42.3 Å². The third-order valence-electron chi connectivity index (χ3n) is 6.71. The van der Waals surface area contributed by atoms with Crippen LogP contribution in [0.15, 0.2) is 79.0 Å². The number of pyridine rings is 1. The second kappa shape index (κ2) is 12.0. The van der Waals surface area contributed by atoms with Crippen LogP contribution in [0.1, 0.15) is 18.1 Å². The third-order valence-corrected chi connectivity index (χ3v) is 6.71. The summed E-state index contributed by atoms with van der Waals surface area (Å²) in [5.41, 5.74) is 5.62. The summed E-state index contributed by atoms with van der Waals surface area (Å²) in [6.45, 7) is 5.01. The molecule has 0 spiro atoms. The fraction of sp³-hybridized carbons (Fsp3) is 0.250. The zero-order valence-corrected chi connectivity index (χ0v) is 21.9. The Bertz CT molecular complexity index is 1600. The monoisotopic (exact) mass is 509 g/mol. The van der Waals surface area contributed by atoms with Gasteiger partial charge in [0.05, 0.1) is 31.8 Å². The topological polar surface area (TPSA) is 53.6 Å². The molecule has 2 heterocycles. The van der Waals surface area contributed by atoms with Crippen molar-refractivity contribution in [3.8, 4) is 0 Å². The molecule has 194 valence electrons. The Kier molecular flexibility index (Phi) is 8.12. The van der Waals surface area contributed by atoms with E-state index >= 15 is 0 Å². The van der Waals surface area contributed by atoms with Gasteiger partial charge >= 0.3 is 5.97 Å². The van der Waals surface area contributed by atoms with E-state index in [2.05, 4.69) is 65.3 Å². The molecule has 0 saturated heterocycles. The Morgan fingerprint density at radius 2 is 1.66 bits per heavy atom. The van der Waals surface area contributed by atoms with Crippen LogP contribution in [0.25, 0.3) is 44.9 Å². The molecule has 0 aliphatic rings. The van der Waals surface area contributed by atoms with E-state index in [0.29, 0.717) is 26.4 Å². The van der Waals surface area contributed by atoms with E-state index in [1.165, 1.54) is 21.8 Å². The molecular formula is C32H33N2O4+. The van der Waals surface area contributed by atoms with Crippen molar-refractivity contribution >= 4 is 50.8 Å². The average molecular weight is 510 g/mol. The molecule has 0 saturated carbocycles. The van der Waals surface area contributed by atoms with Gasteiger partial charge in [0.1, 0.15) is 0 Å². The minimum atomic E-state index is -0.236. The van der Waals surface area contributed by atoms with Gasteiger partial charge in [-0.3, -0.25) is 0 Å². The largest absolute Gasteiger partial charge is 0.461 e. The second-order valence-electron chi connectivity index (χ2n) is 9.11. The van der Waals surface area contributed by atoms with Gasteiger partial charge in [0.15, 0.2) is 6.20 Å². The summed E-state index contributed by atoms with van der Waals surface area (Å²) in [7, 11) is 1.69. The normalized spacial score (nSPS) is 11.7. The minimum Gasteiger partial charge on any atom is -0.461 e. The molecular weight excluding hydrogens is 476 g/mol. The van der Waals surface area contributed by atoms with E-state index in [9.17, 15) is 4.79 Å². The maximum atomic E-state index is 12.1. The van der Waals surface area contributed by atoms with E-state index in [4.69, 9.17) is 14.2 Å². The molecule has 0 unspecified atom stereocenters. The minimum absolute atomic E-state index is 0.191. The van der Waals surface area contributed by atoms with E-state index < -0.39 is 0 Å². The van der Waals surface area contributed by atoms with Crippen molar-refractivity contribution in [1.82, 2.24) is 4.57 Å². The number of hydrogen-bond acceptors (Lipinski definition) is 4. The van der Waals surface area contributed by atoms with Crippen molar-refractivity contribution < 1.29 is 23.6 Å². The van der Waals surface area contributed by atoms with Crippen LogP contribution in [-0.4, -0.2) is 44.1 Å². The van der Waals surface area contributed by atoms with Crippen LogP contribution >= 0.6 is 0 Å². The average Bonchev–Trinajstić information content (AvgIpc) is 3.25. The summed E-state index contributed by atoms with van der Waals surface area (Å²) in [6.07, 6.45) is 6.24. The highest BCUT2D eigenvalue weighted by molar-refractivity contribution is 6.08. The lowest BCUT2D eigenvalue weighted by atomic mass is 10.1. The van der Waals surface area contributed by atoms with Crippen LogP contribution in [-0.2, 0) is 32.1 Å². The number of aromatic nitrogens is 2. The summed E-state index contributed by atoms with van der Waals surface area (Å²) in [5, 5.41) is 3.55. The SMILES string of the molecule is CCOC(=O)C[n+]1ccc(/C=C/c2ccc3c(c2)c2ccccc2n3CCOCCOC)c2ccccc21. The number of fused-ring (bicyclic) bond motifs is 4. The number of hydrogen-bond donors (Lipinski definition) is 0. The highest BCUT2D eigenvalue weighted by atomic mass is 16.5. The quantitative estimate of drug-likeness (QED) is 0.132. The highest BCUT2D eigenvalue weighted by Crippen LogP contribution is 2.30. The van der Waals surface area contributed by atoms with Crippen molar-refractivity contribution in [2.24, 2.45) is 0 Å². The van der Waals surface area contributed by atoms with E-state index in [1.54, 1.807) is 7.11 Å². The summed E-state index contributed by atoms with van der Waals surface area (Å²) < 4.78 is 20.2. The number of esters is 1. The summed E-state index contributed by atoms with van der Waals surface area (Å²) in [6, 6.07) is 25.3. The lowest BCUT2D eigenvalue weighted by Gasteiger charge is -2.08. The molecule has 6 heteroatoms. The number of carbonyl (C=O) groups excluding carboxylic acids is 1. The Morgan fingerprint density at radius 3 is 2.50 bits per heavy atom. The Balaban J connectivity index is 1.45. The number of ether oxygens (including phenoxy) is 3. The molecule has 0 bridgehead atoms. The number of nitrogens with zero attached hydrogens (tertiary/aromatic N) is 2. The first kappa shape index (κ1) is 25.6. The smallest absolute Gasteiger partial charge is 0.372 e. The maximum absolute atomic E-state index is 12.1. The molecule has 0 radical (unpaired) electrons. The van der Waals surface area contributed by atoms with Crippen LogP contribution in [0.5, 0.6) is 0 Å². The first-order valence-corrected chi connectivity index (χ1v) is 13.0. The van der Waals surface area contributed by atoms with Crippen molar-refractivity contribution in [1.29, 1.82) is 0 Å². The molecule has 0 amide bonds. The molecule has 5 rings (SSSR count). The van der Waals surface area contributed by atoms with Gasteiger partial charge in [-0.25, -0.2) is 4.79 Å². The molecule has 6 nitrogen and oxygen atoms in total. The summed E-state index contributed by atoms with van der Waals surface area (Å²) in [4.78, 5) is 12.1. The molecule has 38 heavy (non-hydrogen) atoms. The zero-order chi connectivity index (χ0) is 26.3. The molecule has 0 atom stereocenters. The molecule has 0 aliphatic heterocycles. The van der Waals surface area contributed by atoms with Gasteiger partial charge in [-0.2, -0.15) is 4.57 Å². The van der Waals surface area contributed by atoms with Crippen molar-refractivity contribution in [2.45, 2.75) is 20.0 Å². The molecule has 0 fully saturated rings. The number of carbonyl (C=O) groups is 1. The highest BCUT2D eigenvalue weighted by Gasteiger charge is 2.16. The van der Waals surface area contributed by atoms with Crippen LogP contribution in [0.3, 0.4) is 0 Å².